The van der Waals surface area contributed by atoms with Gasteiger partial charge in [0.05, 0.1) is 5.52 Å². The minimum Gasteiger partial charge on any atom is -0.492 e. The van der Waals surface area contributed by atoms with Crippen LogP contribution in [0.2, 0.25) is 5.02 Å². The van der Waals surface area contributed by atoms with E-state index in [1.54, 1.807) is 0 Å². The van der Waals surface area contributed by atoms with Gasteiger partial charge in [-0.05, 0) is 42.3 Å². The standard InChI is InChI=1S/C21H25ClN4O/c1-2-16-3-6-18(7-4-16)27-14-13-25-9-11-26(12-10-25)21-19-8-5-17(22)15-20(19)23-24-21/h3-8,15H,2,9-14H2,1H3,(H,23,24). The molecular weight excluding hydrogens is 360 g/mol. The van der Waals surface area contributed by atoms with Crippen molar-refractivity contribution in [2.24, 2.45) is 0 Å². The summed E-state index contributed by atoms with van der Waals surface area (Å²) in [5, 5.41) is 9.45. The van der Waals surface area contributed by atoms with Crippen LogP contribution < -0.4 is 9.64 Å². The van der Waals surface area contributed by atoms with Crippen molar-refractivity contribution in [3.05, 3.63) is 53.1 Å². The van der Waals surface area contributed by atoms with E-state index in [0.717, 1.165) is 73.2 Å². The van der Waals surface area contributed by atoms with Crippen molar-refractivity contribution in [2.45, 2.75) is 13.3 Å². The summed E-state index contributed by atoms with van der Waals surface area (Å²) in [4.78, 5) is 4.79. The minimum atomic E-state index is 0.718. The van der Waals surface area contributed by atoms with Crippen LogP contribution >= 0.6 is 11.6 Å². The lowest BCUT2D eigenvalue weighted by Crippen LogP contribution is -2.47. The number of piperazine rings is 1. The lowest BCUT2D eigenvalue weighted by atomic mass is 10.2. The summed E-state index contributed by atoms with van der Waals surface area (Å²) in [6.45, 7) is 7.79. The molecule has 0 spiro atoms. The molecule has 1 aliphatic rings. The van der Waals surface area contributed by atoms with Crippen molar-refractivity contribution >= 4 is 28.3 Å². The molecule has 2 heterocycles. The van der Waals surface area contributed by atoms with Gasteiger partial charge in [-0.3, -0.25) is 10.00 Å². The van der Waals surface area contributed by atoms with Crippen LogP contribution in [0.4, 0.5) is 5.82 Å². The van der Waals surface area contributed by atoms with E-state index >= 15 is 0 Å². The topological polar surface area (TPSA) is 44.4 Å². The van der Waals surface area contributed by atoms with Crippen LogP contribution in [0.1, 0.15) is 12.5 Å². The number of hydrogen-bond donors (Lipinski definition) is 1. The maximum Gasteiger partial charge on any atom is 0.158 e. The molecular formula is C21H25ClN4O. The maximum atomic E-state index is 6.06. The highest BCUT2D eigenvalue weighted by molar-refractivity contribution is 6.31. The molecule has 1 fully saturated rings. The largest absolute Gasteiger partial charge is 0.492 e. The third-order valence-electron chi connectivity index (χ3n) is 5.18. The van der Waals surface area contributed by atoms with Crippen molar-refractivity contribution in [1.29, 1.82) is 0 Å². The molecule has 0 saturated carbocycles. The number of H-pyrrole nitrogens is 1. The Morgan fingerprint density at radius 2 is 1.85 bits per heavy atom. The van der Waals surface area contributed by atoms with Gasteiger partial charge in [0.15, 0.2) is 5.82 Å². The van der Waals surface area contributed by atoms with E-state index < -0.39 is 0 Å². The van der Waals surface area contributed by atoms with Crippen LogP contribution in [0, 0.1) is 0 Å². The van der Waals surface area contributed by atoms with Gasteiger partial charge in [0, 0.05) is 43.1 Å². The van der Waals surface area contributed by atoms with Gasteiger partial charge in [-0.25, -0.2) is 0 Å². The fourth-order valence-electron chi connectivity index (χ4n) is 3.52. The molecule has 3 aromatic rings. The van der Waals surface area contributed by atoms with E-state index in [9.17, 15) is 0 Å². The SMILES string of the molecule is CCc1ccc(OCCN2CCN(c3n[nH]c4cc(Cl)ccc34)CC2)cc1. The lowest BCUT2D eigenvalue weighted by molar-refractivity contribution is 0.200. The van der Waals surface area contributed by atoms with Gasteiger partial charge in [-0.2, -0.15) is 5.10 Å². The van der Waals surface area contributed by atoms with Crippen molar-refractivity contribution in [3.8, 4) is 5.75 Å². The summed E-state index contributed by atoms with van der Waals surface area (Å²) in [5.41, 5.74) is 2.33. The zero-order valence-electron chi connectivity index (χ0n) is 15.6. The fourth-order valence-corrected chi connectivity index (χ4v) is 3.69. The number of aryl methyl sites for hydroxylation is 1. The Bertz CT molecular complexity index is 885. The number of benzene rings is 2. The minimum absolute atomic E-state index is 0.718. The highest BCUT2D eigenvalue weighted by Crippen LogP contribution is 2.27. The molecule has 0 bridgehead atoms. The van der Waals surface area contributed by atoms with Crippen molar-refractivity contribution in [2.75, 3.05) is 44.2 Å². The van der Waals surface area contributed by atoms with Crippen LogP contribution in [-0.2, 0) is 6.42 Å². The summed E-state index contributed by atoms with van der Waals surface area (Å²) in [6, 6.07) is 14.3. The number of ether oxygens (including phenoxy) is 1. The second-order valence-electron chi connectivity index (χ2n) is 6.91. The number of rotatable bonds is 6. The number of hydrogen-bond acceptors (Lipinski definition) is 4. The lowest BCUT2D eigenvalue weighted by Gasteiger charge is -2.34. The quantitative estimate of drug-likeness (QED) is 0.698. The normalized spacial score (nSPS) is 15.4. The molecule has 0 aliphatic carbocycles. The summed E-state index contributed by atoms with van der Waals surface area (Å²) in [7, 11) is 0. The number of aromatic nitrogens is 2. The monoisotopic (exact) mass is 384 g/mol. The number of nitrogens with one attached hydrogen (secondary N) is 1. The van der Waals surface area contributed by atoms with Gasteiger partial charge in [-0.15, -0.1) is 0 Å². The number of anilines is 1. The van der Waals surface area contributed by atoms with Gasteiger partial charge < -0.3 is 9.64 Å². The molecule has 0 unspecified atom stereocenters. The van der Waals surface area contributed by atoms with Gasteiger partial charge >= 0.3 is 0 Å². The number of aromatic amines is 1. The fraction of sp³-hybridized carbons (Fsp3) is 0.381. The Kier molecular flexibility index (Phi) is 5.50. The highest BCUT2D eigenvalue weighted by Gasteiger charge is 2.20. The third-order valence-corrected chi connectivity index (χ3v) is 5.42. The Morgan fingerprint density at radius 3 is 2.59 bits per heavy atom. The summed E-state index contributed by atoms with van der Waals surface area (Å²) in [6.07, 6.45) is 1.06. The van der Waals surface area contributed by atoms with Crippen molar-refractivity contribution < 1.29 is 4.74 Å². The number of fused-ring (bicyclic) bond motifs is 1. The number of halogens is 1. The molecule has 4 rings (SSSR count). The van der Waals surface area contributed by atoms with Crippen LogP contribution in [0.15, 0.2) is 42.5 Å². The van der Waals surface area contributed by atoms with Crippen molar-refractivity contribution in [3.63, 3.8) is 0 Å². The first kappa shape index (κ1) is 18.1. The molecule has 0 amide bonds. The first-order valence-corrected chi connectivity index (χ1v) is 9.93. The average Bonchev–Trinajstić information content (AvgIpc) is 3.12. The van der Waals surface area contributed by atoms with Crippen LogP contribution in [0.25, 0.3) is 10.9 Å². The van der Waals surface area contributed by atoms with Gasteiger partial charge in [0.25, 0.3) is 0 Å². The van der Waals surface area contributed by atoms with Crippen LogP contribution in [0.5, 0.6) is 5.75 Å². The van der Waals surface area contributed by atoms with Gasteiger partial charge in [0.1, 0.15) is 12.4 Å². The number of nitrogens with zero attached hydrogens (tertiary/aromatic N) is 3. The van der Waals surface area contributed by atoms with E-state index in [1.165, 1.54) is 5.56 Å². The summed E-state index contributed by atoms with van der Waals surface area (Å²) >= 11 is 6.06. The summed E-state index contributed by atoms with van der Waals surface area (Å²) in [5.74, 6) is 1.97. The molecule has 5 nitrogen and oxygen atoms in total. The predicted octanol–water partition coefficient (Wildman–Crippen LogP) is 3.98. The summed E-state index contributed by atoms with van der Waals surface area (Å²) < 4.78 is 5.89. The molecule has 1 saturated heterocycles. The smallest absolute Gasteiger partial charge is 0.158 e. The molecule has 142 valence electrons. The zero-order valence-corrected chi connectivity index (χ0v) is 16.4. The molecule has 1 aromatic heterocycles. The van der Waals surface area contributed by atoms with Crippen LogP contribution in [0.3, 0.4) is 0 Å². The molecule has 1 aliphatic heterocycles. The molecule has 0 radical (unpaired) electrons. The van der Waals surface area contributed by atoms with Gasteiger partial charge in [-0.1, -0.05) is 30.7 Å². The molecule has 6 heteroatoms. The maximum absolute atomic E-state index is 6.06. The van der Waals surface area contributed by atoms with E-state index in [0.29, 0.717) is 0 Å². The van der Waals surface area contributed by atoms with E-state index in [2.05, 4.69) is 51.2 Å². The molecule has 2 aromatic carbocycles. The van der Waals surface area contributed by atoms with Crippen LogP contribution in [-0.4, -0.2) is 54.4 Å². The molecule has 0 atom stereocenters. The Morgan fingerprint density at radius 1 is 1.07 bits per heavy atom. The zero-order chi connectivity index (χ0) is 18.6. The molecule has 1 N–H and O–H groups in total. The first-order valence-electron chi connectivity index (χ1n) is 9.55. The van der Waals surface area contributed by atoms with E-state index in [1.807, 2.05) is 18.2 Å². The molecule has 27 heavy (non-hydrogen) atoms. The first-order chi connectivity index (χ1) is 13.2. The predicted molar refractivity (Wildman–Crippen MR) is 111 cm³/mol. The van der Waals surface area contributed by atoms with Gasteiger partial charge in [0.2, 0.25) is 0 Å². The Hall–Kier alpha value is -2.24. The highest BCUT2D eigenvalue weighted by atomic mass is 35.5. The third kappa shape index (κ3) is 4.20. The average molecular weight is 385 g/mol. The van der Waals surface area contributed by atoms with Crippen molar-refractivity contribution in [1.82, 2.24) is 15.1 Å². The second-order valence-corrected chi connectivity index (χ2v) is 7.35. The van der Waals surface area contributed by atoms with E-state index in [4.69, 9.17) is 16.3 Å². The Balaban J connectivity index is 1.27. The Labute approximate surface area is 164 Å². The van der Waals surface area contributed by atoms with E-state index in [-0.39, 0.29) is 0 Å². The second kappa shape index (κ2) is 8.19.